The maximum Gasteiger partial charge on any atom is 0.0733 e. The first kappa shape index (κ1) is 9.41. The first-order valence-electron chi connectivity index (χ1n) is 5.76. The molecule has 0 bridgehead atoms. The summed E-state index contributed by atoms with van der Waals surface area (Å²) in [6.07, 6.45) is 11.5. The van der Waals surface area contributed by atoms with E-state index in [2.05, 4.69) is 31.5 Å². The van der Waals surface area contributed by atoms with Crippen LogP contribution in [-0.2, 0) is 0 Å². The second-order valence-corrected chi connectivity index (χ2v) is 4.19. The smallest absolute Gasteiger partial charge is 0.0733 e. The predicted octanol–water partition coefficient (Wildman–Crippen LogP) is 2.70. The van der Waals surface area contributed by atoms with Gasteiger partial charge >= 0.3 is 0 Å². The zero-order valence-electron chi connectivity index (χ0n) is 9.56. The minimum absolute atomic E-state index is 1.13. The van der Waals surface area contributed by atoms with Crippen LogP contribution in [0.3, 0.4) is 0 Å². The predicted molar refractivity (Wildman–Crippen MR) is 70.3 cm³/mol. The van der Waals surface area contributed by atoms with Crippen LogP contribution in [0.2, 0.25) is 0 Å². The molecule has 18 heavy (non-hydrogen) atoms. The van der Waals surface area contributed by atoms with Crippen molar-refractivity contribution >= 4 is 21.8 Å². The summed E-state index contributed by atoms with van der Waals surface area (Å²) < 4.78 is 4.22. The molecule has 4 aromatic heterocycles. The molecule has 0 saturated heterocycles. The average molecular weight is 234 g/mol. The van der Waals surface area contributed by atoms with E-state index in [0.717, 1.165) is 21.8 Å². The van der Waals surface area contributed by atoms with E-state index in [0.29, 0.717) is 0 Å². The molecule has 0 atom stereocenters. The number of pyridine rings is 2. The number of aromatic nitrogens is 4. The lowest BCUT2D eigenvalue weighted by Gasteiger charge is -2.08. The zero-order valence-corrected chi connectivity index (χ0v) is 9.56. The van der Waals surface area contributed by atoms with Crippen LogP contribution in [-0.4, -0.2) is 19.3 Å². The van der Waals surface area contributed by atoms with Crippen LogP contribution in [0.1, 0.15) is 0 Å². The summed E-state index contributed by atoms with van der Waals surface area (Å²) >= 11 is 0. The second-order valence-electron chi connectivity index (χ2n) is 4.19. The molecule has 4 rings (SSSR count). The van der Waals surface area contributed by atoms with Crippen molar-refractivity contribution in [1.82, 2.24) is 19.3 Å². The van der Waals surface area contributed by atoms with Crippen molar-refractivity contribution in [2.75, 3.05) is 0 Å². The maximum absolute atomic E-state index is 4.14. The highest BCUT2D eigenvalue weighted by molar-refractivity contribution is 5.82. The van der Waals surface area contributed by atoms with Gasteiger partial charge in [-0.25, -0.2) is 0 Å². The molecule has 4 aromatic rings. The number of fused-ring (bicyclic) bond motifs is 2. The zero-order chi connectivity index (χ0) is 11.9. The van der Waals surface area contributed by atoms with Gasteiger partial charge in [0.1, 0.15) is 0 Å². The third-order valence-corrected chi connectivity index (χ3v) is 3.17. The molecular weight excluding hydrogens is 224 g/mol. The number of nitrogens with zero attached hydrogens (tertiary/aromatic N) is 4. The highest BCUT2D eigenvalue weighted by atomic mass is 15.4. The van der Waals surface area contributed by atoms with Gasteiger partial charge in [0.15, 0.2) is 0 Å². The summed E-state index contributed by atoms with van der Waals surface area (Å²) in [6, 6.07) is 8.16. The Kier molecular flexibility index (Phi) is 1.80. The van der Waals surface area contributed by atoms with Crippen LogP contribution < -0.4 is 0 Å². The van der Waals surface area contributed by atoms with Crippen LogP contribution in [0.15, 0.2) is 61.4 Å². The molecule has 86 valence electrons. The van der Waals surface area contributed by atoms with E-state index in [1.807, 2.05) is 49.3 Å². The van der Waals surface area contributed by atoms with Gasteiger partial charge in [-0.1, -0.05) is 0 Å². The fourth-order valence-electron chi connectivity index (χ4n) is 2.31. The molecule has 0 aliphatic heterocycles. The van der Waals surface area contributed by atoms with Crippen molar-refractivity contribution in [3.63, 3.8) is 0 Å². The molecule has 0 radical (unpaired) electrons. The summed E-state index contributed by atoms with van der Waals surface area (Å²) in [5.74, 6) is 0. The third-order valence-electron chi connectivity index (χ3n) is 3.17. The molecule has 0 amide bonds. The molecule has 0 unspecified atom stereocenters. The fraction of sp³-hybridized carbons (Fsp3) is 0. The minimum Gasteiger partial charge on any atom is -0.264 e. The van der Waals surface area contributed by atoms with Crippen molar-refractivity contribution in [1.29, 1.82) is 0 Å². The Labute approximate surface area is 103 Å². The Morgan fingerprint density at radius 3 is 1.67 bits per heavy atom. The summed E-state index contributed by atoms with van der Waals surface area (Å²) in [4.78, 5) is 8.27. The highest BCUT2D eigenvalue weighted by Gasteiger charge is 2.05. The first-order valence-corrected chi connectivity index (χ1v) is 5.76. The number of rotatable bonds is 1. The van der Waals surface area contributed by atoms with Crippen LogP contribution in [0.25, 0.3) is 21.8 Å². The van der Waals surface area contributed by atoms with Crippen LogP contribution in [0.4, 0.5) is 0 Å². The van der Waals surface area contributed by atoms with E-state index >= 15 is 0 Å². The largest absolute Gasteiger partial charge is 0.264 e. The lowest BCUT2D eigenvalue weighted by atomic mass is 10.3. The molecule has 0 fully saturated rings. The Balaban J connectivity index is 2.08. The van der Waals surface area contributed by atoms with E-state index in [9.17, 15) is 0 Å². The molecule has 4 heterocycles. The Hall–Kier alpha value is -2.62. The molecule has 4 heteroatoms. The van der Waals surface area contributed by atoms with Gasteiger partial charge in [0.2, 0.25) is 0 Å². The van der Waals surface area contributed by atoms with Crippen LogP contribution in [0, 0.1) is 0 Å². The quantitative estimate of drug-likeness (QED) is 0.507. The van der Waals surface area contributed by atoms with Crippen LogP contribution in [0.5, 0.6) is 0 Å². The highest BCUT2D eigenvalue weighted by Crippen LogP contribution is 2.19. The fourth-order valence-corrected chi connectivity index (χ4v) is 2.31. The molecule has 0 aliphatic rings. The third kappa shape index (κ3) is 1.20. The molecule has 0 aromatic carbocycles. The Morgan fingerprint density at radius 1 is 0.667 bits per heavy atom. The first-order chi connectivity index (χ1) is 8.93. The Bertz CT molecular complexity index is 769. The molecule has 4 nitrogen and oxygen atoms in total. The van der Waals surface area contributed by atoms with E-state index in [1.165, 1.54) is 0 Å². The number of hydrogen-bond acceptors (Lipinski definition) is 2. The topological polar surface area (TPSA) is 35.6 Å². The van der Waals surface area contributed by atoms with Crippen molar-refractivity contribution < 1.29 is 0 Å². The van der Waals surface area contributed by atoms with Crippen molar-refractivity contribution in [2.45, 2.75) is 0 Å². The summed E-state index contributed by atoms with van der Waals surface area (Å²) in [5, 5.41) is 2.27. The van der Waals surface area contributed by atoms with Crippen LogP contribution >= 0.6 is 0 Å². The summed E-state index contributed by atoms with van der Waals surface area (Å²) in [6.45, 7) is 0. The van der Waals surface area contributed by atoms with Gasteiger partial charge in [-0.2, -0.15) is 0 Å². The maximum atomic E-state index is 4.14. The lowest BCUT2D eigenvalue weighted by Crippen LogP contribution is -2.05. The van der Waals surface area contributed by atoms with E-state index < -0.39 is 0 Å². The number of hydrogen-bond donors (Lipinski definition) is 0. The molecule has 0 spiro atoms. The van der Waals surface area contributed by atoms with Crippen molar-refractivity contribution in [2.24, 2.45) is 0 Å². The van der Waals surface area contributed by atoms with E-state index in [-0.39, 0.29) is 0 Å². The normalized spacial score (nSPS) is 11.3. The monoisotopic (exact) mass is 234 g/mol. The SMILES string of the molecule is c1cc2c(ccn2-n2ccc3cnccc32)cn1. The van der Waals surface area contributed by atoms with Crippen molar-refractivity contribution in [3.8, 4) is 0 Å². The second kappa shape index (κ2) is 3.43. The molecule has 0 N–H and O–H groups in total. The van der Waals surface area contributed by atoms with E-state index in [1.54, 1.807) is 0 Å². The molecule has 0 aliphatic carbocycles. The Morgan fingerprint density at radius 2 is 1.17 bits per heavy atom. The average Bonchev–Trinajstić information content (AvgIpc) is 3.01. The summed E-state index contributed by atoms with van der Waals surface area (Å²) in [7, 11) is 0. The van der Waals surface area contributed by atoms with Gasteiger partial charge in [-0.15, -0.1) is 0 Å². The van der Waals surface area contributed by atoms with E-state index in [4.69, 9.17) is 0 Å². The standard InChI is InChI=1S/C14H10N4/c1-5-15-9-11-3-7-17(13(1)11)18-8-4-12-10-16-6-2-14(12)18/h1-10H. The van der Waals surface area contributed by atoms with Crippen molar-refractivity contribution in [3.05, 3.63) is 61.4 Å². The minimum atomic E-state index is 1.13. The van der Waals surface area contributed by atoms with Gasteiger partial charge in [0.05, 0.1) is 11.0 Å². The van der Waals surface area contributed by atoms with Gasteiger partial charge < -0.3 is 0 Å². The van der Waals surface area contributed by atoms with Gasteiger partial charge in [-0.05, 0) is 24.3 Å². The summed E-state index contributed by atoms with van der Waals surface area (Å²) in [5.41, 5.74) is 2.28. The molecular formula is C14H10N4. The van der Waals surface area contributed by atoms with Gasteiger partial charge in [0.25, 0.3) is 0 Å². The lowest BCUT2D eigenvalue weighted by molar-refractivity contribution is 0.718. The molecule has 0 saturated carbocycles. The van der Waals surface area contributed by atoms with Gasteiger partial charge in [0, 0.05) is 48.0 Å². The van der Waals surface area contributed by atoms with Gasteiger partial charge in [-0.3, -0.25) is 19.3 Å².